The van der Waals surface area contributed by atoms with E-state index in [0.717, 1.165) is 31.7 Å². The average molecular weight is 253 g/mol. The number of rotatable bonds is 6. The SMILES string of the molecule is CC(C)(C)NCCCc1nnc(CC2CC2)s1. The molecule has 0 saturated heterocycles. The summed E-state index contributed by atoms with van der Waals surface area (Å²) in [6.07, 6.45) is 6.16. The van der Waals surface area contributed by atoms with Crippen LogP contribution in [0.5, 0.6) is 0 Å². The lowest BCUT2D eigenvalue weighted by Gasteiger charge is -2.20. The van der Waals surface area contributed by atoms with Gasteiger partial charge >= 0.3 is 0 Å². The van der Waals surface area contributed by atoms with Crippen molar-refractivity contribution in [1.29, 1.82) is 0 Å². The molecular weight excluding hydrogens is 230 g/mol. The molecule has 1 saturated carbocycles. The third-order valence-corrected chi connectivity index (χ3v) is 3.90. The molecule has 3 nitrogen and oxygen atoms in total. The van der Waals surface area contributed by atoms with Crippen LogP contribution in [0.4, 0.5) is 0 Å². The zero-order chi connectivity index (χ0) is 12.3. The summed E-state index contributed by atoms with van der Waals surface area (Å²) >= 11 is 1.81. The van der Waals surface area contributed by atoms with Crippen LogP contribution < -0.4 is 5.32 Å². The quantitative estimate of drug-likeness (QED) is 0.792. The molecule has 96 valence electrons. The summed E-state index contributed by atoms with van der Waals surface area (Å²) in [6, 6.07) is 0. The van der Waals surface area contributed by atoms with E-state index in [1.807, 2.05) is 11.3 Å². The fourth-order valence-electron chi connectivity index (χ4n) is 1.74. The van der Waals surface area contributed by atoms with Crippen molar-refractivity contribution in [3.63, 3.8) is 0 Å². The minimum absolute atomic E-state index is 0.220. The molecule has 0 aliphatic heterocycles. The van der Waals surface area contributed by atoms with Crippen molar-refractivity contribution in [3.8, 4) is 0 Å². The Morgan fingerprint density at radius 2 is 1.94 bits per heavy atom. The highest BCUT2D eigenvalue weighted by atomic mass is 32.1. The summed E-state index contributed by atoms with van der Waals surface area (Å²) in [4.78, 5) is 0. The maximum Gasteiger partial charge on any atom is 0.117 e. The molecule has 2 rings (SSSR count). The van der Waals surface area contributed by atoms with Gasteiger partial charge < -0.3 is 5.32 Å². The van der Waals surface area contributed by atoms with Gasteiger partial charge in [-0.15, -0.1) is 21.5 Å². The normalized spacial score (nSPS) is 16.4. The van der Waals surface area contributed by atoms with Crippen molar-refractivity contribution >= 4 is 11.3 Å². The molecule has 0 radical (unpaired) electrons. The number of hydrogen-bond donors (Lipinski definition) is 1. The van der Waals surface area contributed by atoms with Gasteiger partial charge in [0.05, 0.1) is 0 Å². The van der Waals surface area contributed by atoms with E-state index >= 15 is 0 Å². The van der Waals surface area contributed by atoms with Crippen LogP contribution in [0, 0.1) is 5.92 Å². The Balaban J connectivity index is 1.66. The van der Waals surface area contributed by atoms with Crippen molar-refractivity contribution in [2.75, 3.05) is 6.54 Å². The molecule has 1 aromatic heterocycles. The van der Waals surface area contributed by atoms with Gasteiger partial charge in [0.25, 0.3) is 0 Å². The third-order valence-electron chi connectivity index (χ3n) is 2.89. The molecular formula is C13H23N3S. The van der Waals surface area contributed by atoms with Crippen LogP contribution in [0.2, 0.25) is 0 Å². The first-order valence-corrected chi connectivity index (χ1v) is 7.41. The van der Waals surface area contributed by atoms with Gasteiger partial charge in [-0.25, -0.2) is 0 Å². The van der Waals surface area contributed by atoms with Gasteiger partial charge in [0.1, 0.15) is 10.0 Å². The summed E-state index contributed by atoms with van der Waals surface area (Å²) in [5.74, 6) is 0.915. The maximum absolute atomic E-state index is 4.27. The largest absolute Gasteiger partial charge is 0.312 e. The fraction of sp³-hybridized carbons (Fsp3) is 0.846. The van der Waals surface area contributed by atoms with Gasteiger partial charge in [0.2, 0.25) is 0 Å². The van der Waals surface area contributed by atoms with Crippen molar-refractivity contribution in [3.05, 3.63) is 10.0 Å². The van der Waals surface area contributed by atoms with E-state index in [0.29, 0.717) is 0 Å². The fourth-order valence-corrected chi connectivity index (χ4v) is 2.74. The monoisotopic (exact) mass is 253 g/mol. The predicted molar refractivity (Wildman–Crippen MR) is 72.4 cm³/mol. The third kappa shape index (κ3) is 5.13. The number of nitrogens with one attached hydrogen (secondary N) is 1. The second-order valence-corrected chi connectivity index (χ2v) is 7.16. The van der Waals surface area contributed by atoms with Crippen LogP contribution in [-0.2, 0) is 12.8 Å². The minimum Gasteiger partial charge on any atom is -0.312 e. The molecule has 0 bridgehead atoms. The molecule has 0 aromatic carbocycles. The first-order valence-electron chi connectivity index (χ1n) is 6.59. The van der Waals surface area contributed by atoms with Crippen LogP contribution in [0.25, 0.3) is 0 Å². The second-order valence-electron chi connectivity index (χ2n) is 6.02. The van der Waals surface area contributed by atoms with Gasteiger partial charge in [-0.2, -0.15) is 0 Å². The summed E-state index contributed by atoms with van der Waals surface area (Å²) in [7, 11) is 0. The number of aromatic nitrogens is 2. The van der Waals surface area contributed by atoms with E-state index < -0.39 is 0 Å². The molecule has 1 aromatic rings. The molecule has 1 aliphatic rings. The van der Waals surface area contributed by atoms with Crippen molar-refractivity contribution in [2.45, 2.75) is 58.4 Å². The van der Waals surface area contributed by atoms with Crippen LogP contribution in [-0.4, -0.2) is 22.3 Å². The van der Waals surface area contributed by atoms with E-state index in [2.05, 4.69) is 36.3 Å². The van der Waals surface area contributed by atoms with E-state index in [-0.39, 0.29) is 5.54 Å². The zero-order valence-corrected chi connectivity index (χ0v) is 11.9. The smallest absolute Gasteiger partial charge is 0.117 e. The van der Waals surface area contributed by atoms with E-state index in [9.17, 15) is 0 Å². The van der Waals surface area contributed by atoms with Crippen LogP contribution in [0.15, 0.2) is 0 Å². The Kier molecular flexibility index (Phi) is 4.15. The Morgan fingerprint density at radius 1 is 1.24 bits per heavy atom. The van der Waals surface area contributed by atoms with Crippen LogP contribution >= 0.6 is 11.3 Å². The van der Waals surface area contributed by atoms with Gasteiger partial charge in [-0.3, -0.25) is 0 Å². The molecule has 1 N–H and O–H groups in total. The highest BCUT2D eigenvalue weighted by Crippen LogP contribution is 2.33. The molecule has 0 unspecified atom stereocenters. The highest BCUT2D eigenvalue weighted by molar-refractivity contribution is 7.11. The molecule has 1 aliphatic carbocycles. The second kappa shape index (κ2) is 5.44. The van der Waals surface area contributed by atoms with Gasteiger partial charge in [-0.1, -0.05) is 0 Å². The summed E-state index contributed by atoms with van der Waals surface area (Å²) in [5.41, 5.74) is 0.220. The molecule has 4 heteroatoms. The lowest BCUT2D eigenvalue weighted by Crippen LogP contribution is -2.36. The Bertz CT molecular complexity index is 350. The first kappa shape index (κ1) is 13.0. The lowest BCUT2D eigenvalue weighted by atomic mass is 10.1. The Morgan fingerprint density at radius 3 is 2.59 bits per heavy atom. The highest BCUT2D eigenvalue weighted by Gasteiger charge is 2.23. The minimum atomic E-state index is 0.220. The first-order chi connectivity index (χ1) is 8.03. The average Bonchev–Trinajstić information content (AvgIpc) is 2.91. The number of aryl methyl sites for hydroxylation is 1. The van der Waals surface area contributed by atoms with E-state index in [1.165, 1.54) is 22.9 Å². The lowest BCUT2D eigenvalue weighted by molar-refractivity contribution is 0.422. The predicted octanol–water partition coefficient (Wildman–Crippen LogP) is 2.81. The molecule has 17 heavy (non-hydrogen) atoms. The van der Waals surface area contributed by atoms with Crippen molar-refractivity contribution in [2.24, 2.45) is 5.92 Å². The van der Waals surface area contributed by atoms with Gasteiger partial charge in [0.15, 0.2) is 0 Å². The van der Waals surface area contributed by atoms with Gasteiger partial charge in [0, 0.05) is 18.4 Å². The van der Waals surface area contributed by atoms with Gasteiger partial charge in [-0.05, 0) is 52.5 Å². The van der Waals surface area contributed by atoms with E-state index in [4.69, 9.17) is 0 Å². The molecule has 1 fully saturated rings. The molecule has 0 spiro atoms. The Labute approximate surface area is 108 Å². The topological polar surface area (TPSA) is 37.8 Å². The van der Waals surface area contributed by atoms with Crippen LogP contribution in [0.3, 0.4) is 0 Å². The molecule has 0 amide bonds. The molecule has 0 atom stereocenters. The van der Waals surface area contributed by atoms with E-state index in [1.54, 1.807) is 0 Å². The zero-order valence-electron chi connectivity index (χ0n) is 11.1. The molecule has 1 heterocycles. The maximum atomic E-state index is 4.27. The van der Waals surface area contributed by atoms with Crippen molar-refractivity contribution < 1.29 is 0 Å². The standard InChI is InChI=1S/C13H23N3S/c1-13(2,3)14-8-4-5-11-15-16-12(17-11)9-10-6-7-10/h10,14H,4-9H2,1-3H3. The summed E-state index contributed by atoms with van der Waals surface area (Å²) in [5, 5.41) is 14.5. The summed E-state index contributed by atoms with van der Waals surface area (Å²) in [6.45, 7) is 7.66. The Hall–Kier alpha value is -0.480. The van der Waals surface area contributed by atoms with Crippen LogP contribution in [0.1, 0.15) is 50.0 Å². The van der Waals surface area contributed by atoms with Crippen molar-refractivity contribution in [1.82, 2.24) is 15.5 Å². The summed E-state index contributed by atoms with van der Waals surface area (Å²) < 4.78 is 0. The number of hydrogen-bond acceptors (Lipinski definition) is 4. The number of nitrogens with zero attached hydrogens (tertiary/aromatic N) is 2.